The van der Waals surface area contributed by atoms with Crippen LogP contribution in [0.2, 0.25) is 0 Å². The summed E-state index contributed by atoms with van der Waals surface area (Å²) in [5, 5.41) is 11.2. The molecule has 8 saturated carbocycles. The monoisotopic (exact) mass is 512 g/mol. The van der Waals surface area contributed by atoms with Crippen LogP contribution in [-0.4, -0.2) is 16.3 Å². The van der Waals surface area contributed by atoms with Crippen LogP contribution < -0.4 is 9.47 Å². The maximum absolute atomic E-state index is 11.2. The van der Waals surface area contributed by atoms with Crippen molar-refractivity contribution in [3.8, 4) is 11.5 Å². The highest BCUT2D eigenvalue weighted by atomic mass is 16.5. The molecule has 2 aromatic rings. The third-order valence-corrected chi connectivity index (χ3v) is 12.6. The first-order valence-corrected chi connectivity index (χ1v) is 15.6. The molecule has 0 radical (unpaired) electrons. The molecule has 0 heterocycles. The second-order valence-corrected chi connectivity index (χ2v) is 14.7. The summed E-state index contributed by atoms with van der Waals surface area (Å²) in [5.74, 6) is 8.47. The van der Waals surface area contributed by atoms with E-state index in [0.29, 0.717) is 23.7 Å². The van der Waals surface area contributed by atoms with Gasteiger partial charge in [0.05, 0.1) is 0 Å². The van der Waals surface area contributed by atoms with Crippen molar-refractivity contribution in [1.82, 2.24) is 0 Å². The normalized spacial score (nSPS) is 44.8. The number of ether oxygens (including phenoxy) is 2. The summed E-state index contributed by atoms with van der Waals surface area (Å²) in [6, 6.07) is 16.4. The summed E-state index contributed by atoms with van der Waals surface area (Å²) >= 11 is 0. The van der Waals surface area contributed by atoms with Crippen LogP contribution in [0.25, 0.3) is 0 Å². The quantitative estimate of drug-likeness (QED) is 0.427. The first-order valence-electron chi connectivity index (χ1n) is 15.6. The molecule has 0 atom stereocenters. The van der Waals surface area contributed by atoms with E-state index >= 15 is 0 Å². The molecule has 8 fully saturated rings. The molecule has 0 unspecified atom stereocenters. The van der Waals surface area contributed by atoms with Crippen LogP contribution in [0, 0.1) is 47.3 Å². The Balaban J connectivity index is 0.939. The van der Waals surface area contributed by atoms with E-state index < -0.39 is 6.10 Å². The van der Waals surface area contributed by atoms with E-state index in [1.54, 1.807) is 0 Å². The van der Waals surface area contributed by atoms with Crippen molar-refractivity contribution in [3.63, 3.8) is 0 Å². The molecule has 8 aliphatic rings. The lowest BCUT2D eigenvalue weighted by Crippen LogP contribution is -2.59. The largest absolute Gasteiger partial charge is 0.487 e. The van der Waals surface area contributed by atoms with Gasteiger partial charge in [-0.2, -0.15) is 0 Å². The van der Waals surface area contributed by atoms with Crippen LogP contribution in [0.5, 0.6) is 11.5 Å². The number of hydrogen-bond acceptors (Lipinski definition) is 3. The molecule has 8 aliphatic carbocycles. The Bertz CT molecular complexity index is 1030. The Hall–Kier alpha value is -2.00. The van der Waals surface area contributed by atoms with E-state index in [2.05, 4.69) is 38.1 Å². The van der Waals surface area contributed by atoms with Gasteiger partial charge in [0, 0.05) is 0 Å². The first kappa shape index (κ1) is 23.9. The fraction of sp³-hybridized carbons (Fsp3) is 0.657. The Labute approximate surface area is 228 Å². The molecule has 3 heteroatoms. The Morgan fingerprint density at radius 3 is 1.11 bits per heavy atom. The summed E-state index contributed by atoms with van der Waals surface area (Å²) in [7, 11) is 0. The summed E-state index contributed by atoms with van der Waals surface area (Å²) < 4.78 is 13.5. The van der Waals surface area contributed by atoms with Crippen molar-refractivity contribution >= 4 is 0 Å². The lowest BCUT2D eigenvalue weighted by Gasteiger charge is -2.59. The van der Waals surface area contributed by atoms with E-state index in [9.17, 15) is 5.11 Å². The zero-order valence-corrected chi connectivity index (χ0v) is 23.1. The van der Waals surface area contributed by atoms with Crippen molar-refractivity contribution in [3.05, 3.63) is 59.7 Å². The molecule has 1 N–H and O–H groups in total. The van der Waals surface area contributed by atoms with Crippen LogP contribution >= 0.6 is 0 Å². The predicted octanol–water partition coefficient (Wildman–Crippen LogP) is 7.96. The zero-order valence-electron chi connectivity index (χ0n) is 23.1. The molecule has 0 aromatic heterocycles. The lowest BCUT2D eigenvalue weighted by atomic mass is 9.50. The standard InChI is InChI=1S/C35H44O3/c1-34(27-13-21-11-22(15-27)16-28(34)14-21)37-31-7-3-25(4-8-31)33(36)26-5-9-32(10-6-26)38-35(2)29-17-23-12-24(19-29)20-30(35)18-23/h3-10,21-24,27-30,33,36H,11-20H2,1-2H3. The molecule has 0 amide bonds. The highest BCUT2D eigenvalue weighted by Gasteiger charge is 2.57. The number of hydrogen-bond donors (Lipinski definition) is 1. The molecule has 8 bridgehead atoms. The summed E-state index contributed by atoms with van der Waals surface area (Å²) in [6.45, 7) is 4.74. The molecule has 2 aromatic carbocycles. The molecule has 0 saturated heterocycles. The predicted molar refractivity (Wildman–Crippen MR) is 149 cm³/mol. The smallest absolute Gasteiger partial charge is 0.120 e. The lowest BCUT2D eigenvalue weighted by molar-refractivity contribution is -0.145. The number of benzene rings is 2. The van der Waals surface area contributed by atoms with Gasteiger partial charge in [-0.25, -0.2) is 0 Å². The molecule has 38 heavy (non-hydrogen) atoms. The molecule has 10 rings (SSSR count). The topological polar surface area (TPSA) is 38.7 Å². The highest BCUT2D eigenvalue weighted by Crippen LogP contribution is 2.60. The van der Waals surface area contributed by atoms with Crippen LogP contribution in [0.15, 0.2) is 48.5 Å². The maximum atomic E-state index is 11.2. The minimum absolute atomic E-state index is 0.0305. The Kier molecular flexibility index (Phi) is 5.33. The maximum Gasteiger partial charge on any atom is 0.120 e. The van der Waals surface area contributed by atoms with Crippen molar-refractivity contribution in [2.75, 3.05) is 0 Å². The van der Waals surface area contributed by atoms with Gasteiger partial charge in [-0.1, -0.05) is 24.3 Å². The average molecular weight is 513 g/mol. The van der Waals surface area contributed by atoms with Crippen LogP contribution in [0.3, 0.4) is 0 Å². The number of rotatable bonds is 6. The SMILES string of the molecule is CC1(Oc2ccc(C(O)c3ccc(OC4(C)C5CC6CC(C5)CC4C6)cc3)cc2)C2CC3CC(C2)CC1C3. The van der Waals surface area contributed by atoms with Gasteiger partial charge in [-0.15, -0.1) is 0 Å². The van der Waals surface area contributed by atoms with Crippen molar-refractivity contribution in [2.45, 2.75) is 95.4 Å². The van der Waals surface area contributed by atoms with Crippen LogP contribution in [0.4, 0.5) is 0 Å². The Morgan fingerprint density at radius 1 is 0.526 bits per heavy atom. The third-order valence-electron chi connectivity index (χ3n) is 12.6. The summed E-state index contributed by atoms with van der Waals surface area (Å²) in [6.07, 6.45) is 13.1. The minimum atomic E-state index is -0.647. The van der Waals surface area contributed by atoms with Gasteiger partial charge in [0.25, 0.3) is 0 Å². The van der Waals surface area contributed by atoms with Gasteiger partial charge in [0.1, 0.15) is 28.8 Å². The first-order chi connectivity index (χ1) is 18.4. The van der Waals surface area contributed by atoms with Gasteiger partial charge in [-0.05, 0) is 161 Å². The molecule has 0 spiro atoms. The van der Waals surface area contributed by atoms with E-state index in [-0.39, 0.29) is 11.2 Å². The van der Waals surface area contributed by atoms with Gasteiger partial charge in [-0.3, -0.25) is 0 Å². The summed E-state index contributed by atoms with van der Waals surface area (Å²) in [5.41, 5.74) is 1.76. The van der Waals surface area contributed by atoms with Gasteiger partial charge in [0.2, 0.25) is 0 Å². The third kappa shape index (κ3) is 3.70. The van der Waals surface area contributed by atoms with Crippen molar-refractivity contribution < 1.29 is 14.6 Å². The van der Waals surface area contributed by atoms with Gasteiger partial charge < -0.3 is 14.6 Å². The van der Waals surface area contributed by atoms with Gasteiger partial charge >= 0.3 is 0 Å². The van der Waals surface area contributed by atoms with Crippen LogP contribution in [-0.2, 0) is 0 Å². The molecule has 0 aliphatic heterocycles. The van der Waals surface area contributed by atoms with E-state index in [0.717, 1.165) is 46.3 Å². The van der Waals surface area contributed by atoms with E-state index in [1.807, 2.05) is 24.3 Å². The molecular weight excluding hydrogens is 468 g/mol. The number of aliphatic hydroxyl groups excluding tert-OH is 1. The van der Waals surface area contributed by atoms with E-state index in [1.165, 1.54) is 64.2 Å². The average Bonchev–Trinajstić information content (AvgIpc) is 2.90. The highest BCUT2D eigenvalue weighted by molar-refractivity contribution is 5.37. The van der Waals surface area contributed by atoms with Crippen LogP contribution in [0.1, 0.15) is 95.3 Å². The molecular formula is C35H44O3. The fourth-order valence-corrected chi connectivity index (χ4v) is 10.7. The second kappa shape index (κ2) is 8.50. The minimum Gasteiger partial charge on any atom is -0.487 e. The summed E-state index contributed by atoms with van der Waals surface area (Å²) in [4.78, 5) is 0. The van der Waals surface area contributed by atoms with Gasteiger partial charge in [0.15, 0.2) is 0 Å². The Morgan fingerprint density at radius 2 is 0.816 bits per heavy atom. The van der Waals surface area contributed by atoms with E-state index in [4.69, 9.17) is 9.47 Å². The van der Waals surface area contributed by atoms with Crippen molar-refractivity contribution in [1.29, 1.82) is 0 Å². The van der Waals surface area contributed by atoms with Crippen molar-refractivity contribution in [2.24, 2.45) is 47.3 Å². The zero-order chi connectivity index (χ0) is 25.6. The molecule has 202 valence electrons. The second-order valence-electron chi connectivity index (χ2n) is 14.7. The molecule has 3 nitrogen and oxygen atoms in total. The fourth-order valence-electron chi connectivity index (χ4n) is 10.7. The number of aliphatic hydroxyl groups is 1.